The molecule has 1 atom stereocenters. The number of rotatable bonds is 7. The second-order valence-electron chi connectivity index (χ2n) is 7.86. The highest BCUT2D eigenvalue weighted by Crippen LogP contribution is 2.34. The molecule has 0 bridgehead atoms. The monoisotopic (exact) mass is 412 g/mol. The molecule has 0 radical (unpaired) electrons. The molecule has 1 unspecified atom stereocenters. The molecule has 1 aliphatic heterocycles. The smallest absolute Gasteiger partial charge is 0.317 e. The molecule has 6 nitrogen and oxygen atoms in total. The lowest BCUT2D eigenvalue weighted by Gasteiger charge is -2.27. The first-order valence-electron chi connectivity index (χ1n) is 10.6. The topological polar surface area (TPSA) is 60.0 Å². The van der Waals surface area contributed by atoms with Gasteiger partial charge in [0, 0.05) is 20.0 Å². The second-order valence-corrected chi connectivity index (χ2v) is 7.86. The van der Waals surface area contributed by atoms with E-state index in [1.165, 1.54) is 0 Å². The molecular weight excluding hydrogens is 380 g/mol. The summed E-state index contributed by atoms with van der Waals surface area (Å²) in [6, 6.07) is 13.5. The van der Waals surface area contributed by atoms with Crippen molar-refractivity contribution in [3.05, 3.63) is 53.6 Å². The Labute approximate surface area is 179 Å². The van der Waals surface area contributed by atoms with Gasteiger partial charge in [-0.1, -0.05) is 32.0 Å². The van der Waals surface area contributed by atoms with Crippen LogP contribution in [0, 0.1) is 5.92 Å². The van der Waals surface area contributed by atoms with Crippen LogP contribution in [0.15, 0.2) is 42.5 Å². The number of nitrogens with one attached hydrogen (secondary N) is 1. The molecule has 2 amide bonds. The zero-order chi connectivity index (χ0) is 21.5. The summed E-state index contributed by atoms with van der Waals surface area (Å²) < 4.78 is 17.0. The third-order valence-electron chi connectivity index (χ3n) is 5.08. The fraction of sp³-hybridized carbons (Fsp3) is 0.458. The van der Waals surface area contributed by atoms with Crippen LogP contribution in [-0.4, -0.2) is 37.8 Å². The third kappa shape index (κ3) is 5.59. The Bertz CT molecular complexity index is 836. The highest BCUT2D eigenvalue weighted by atomic mass is 16.5. The minimum Gasteiger partial charge on any atom is -0.494 e. The van der Waals surface area contributed by atoms with Crippen molar-refractivity contribution in [3.63, 3.8) is 0 Å². The Morgan fingerprint density at radius 1 is 1.10 bits per heavy atom. The lowest BCUT2D eigenvalue weighted by Crippen LogP contribution is -2.40. The molecule has 162 valence electrons. The van der Waals surface area contributed by atoms with Crippen LogP contribution in [0.25, 0.3) is 0 Å². The Hall–Kier alpha value is -2.89. The summed E-state index contributed by atoms with van der Waals surface area (Å²) in [6.45, 7) is 8.61. The molecule has 0 spiro atoms. The van der Waals surface area contributed by atoms with Gasteiger partial charge in [-0.05, 0) is 48.2 Å². The predicted octanol–water partition coefficient (Wildman–Crippen LogP) is 4.79. The summed E-state index contributed by atoms with van der Waals surface area (Å²) in [7, 11) is 1.80. The van der Waals surface area contributed by atoms with Crippen molar-refractivity contribution in [3.8, 4) is 17.2 Å². The molecule has 0 fully saturated rings. The second kappa shape index (κ2) is 10.2. The summed E-state index contributed by atoms with van der Waals surface area (Å²) in [5, 5.41) is 3.17. The van der Waals surface area contributed by atoms with Gasteiger partial charge in [0.05, 0.1) is 25.9 Å². The van der Waals surface area contributed by atoms with E-state index in [0.717, 1.165) is 34.8 Å². The summed E-state index contributed by atoms with van der Waals surface area (Å²) in [5.41, 5.74) is 2.06. The number of hydrogen-bond donors (Lipinski definition) is 1. The van der Waals surface area contributed by atoms with E-state index in [-0.39, 0.29) is 18.0 Å². The van der Waals surface area contributed by atoms with Crippen molar-refractivity contribution in [2.45, 2.75) is 39.8 Å². The number of nitrogens with zero attached hydrogens (tertiary/aromatic N) is 1. The summed E-state index contributed by atoms with van der Waals surface area (Å²) >= 11 is 0. The average Bonchev–Trinajstić information content (AvgIpc) is 2.98. The van der Waals surface area contributed by atoms with Crippen molar-refractivity contribution < 1.29 is 19.0 Å². The molecule has 2 aromatic rings. The van der Waals surface area contributed by atoms with E-state index in [4.69, 9.17) is 14.2 Å². The zero-order valence-electron chi connectivity index (χ0n) is 18.3. The maximum absolute atomic E-state index is 12.9. The summed E-state index contributed by atoms with van der Waals surface area (Å²) in [6.07, 6.45) is 0.866. The third-order valence-corrected chi connectivity index (χ3v) is 5.08. The van der Waals surface area contributed by atoms with E-state index in [0.29, 0.717) is 26.4 Å². The molecule has 1 N–H and O–H groups in total. The molecule has 0 aliphatic carbocycles. The maximum atomic E-state index is 12.9. The predicted molar refractivity (Wildman–Crippen MR) is 117 cm³/mol. The van der Waals surface area contributed by atoms with Crippen molar-refractivity contribution in [2.24, 2.45) is 5.92 Å². The van der Waals surface area contributed by atoms with Gasteiger partial charge in [0.2, 0.25) is 0 Å². The Kier molecular flexibility index (Phi) is 7.44. The van der Waals surface area contributed by atoms with E-state index in [2.05, 4.69) is 19.2 Å². The largest absolute Gasteiger partial charge is 0.494 e. The van der Waals surface area contributed by atoms with E-state index < -0.39 is 0 Å². The number of benzene rings is 2. The van der Waals surface area contributed by atoms with E-state index >= 15 is 0 Å². The summed E-state index contributed by atoms with van der Waals surface area (Å²) in [5.74, 6) is 2.56. The van der Waals surface area contributed by atoms with Crippen LogP contribution in [0.1, 0.15) is 44.4 Å². The van der Waals surface area contributed by atoms with Crippen LogP contribution >= 0.6 is 0 Å². The molecule has 0 saturated heterocycles. The number of fused-ring (bicyclic) bond motifs is 1. The average molecular weight is 413 g/mol. The number of ether oxygens (including phenoxy) is 3. The number of carbonyl (C=O) groups is 1. The molecule has 1 aliphatic rings. The number of carbonyl (C=O) groups excluding carboxylic acids is 1. The van der Waals surface area contributed by atoms with Gasteiger partial charge in [-0.3, -0.25) is 0 Å². The van der Waals surface area contributed by atoms with Crippen LogP contribution in [0.3, 0.4) is 0 Å². The van der Waals surface area contributed by atoms with Crippen LogP contribution in [-0.2, 0) is 6.54 Å². The molecular formula is C24H32N2O4. The highest BCUT2D eigenvalue weighted by molar-refractivity contribution is 5.74. The molecule has 0 saturated carbocycles. The lowest BCUT2D eigenvalue weighted by molar-refractivity contribution is 0.198. The van der Waals surface area contributed by atoms with E-state index in [1.54, 1.807) is 11.9 Å². The van der Waals surface area contributed by atoms with Gasteiger partial charge in [0.25, 0.3) is 0 Å². The van der Waals surface area contributed by atoms with E-state index in [1.807, 2.05) is 49.4 Å². The Morgan fingerprint density at radius 3 is 2.47 bits per heavy atom. The fourth-order valence-electron chi connectivity index (χ4n) is 3.45. The molecule has 6 heteroatoms. The quantitative estimate of drug-likeness (QED) is 0.711. The van der Waals surface area contributed by atoms with Crippen LogP contribution in [0.2, 0.25) is 0 Å². The number of hydrogen-bond acceptors (Lipinski definition) is 4. The van der Waals surface area contributed by atoms with Crippen LogP contribution in [0.5, 0.6) is 17.2 Å². The van der Waals surface area contributed by atoms with Crippen molar-refractivity contribution in [1.29, 1.82) is 0 Å². The number of urea groups is 1. The number of amides is 2. The lowest BCUT2D eigenvalue weighted by atomic mass is 9.95. The van der Waals surface area contributed by atoms with Gasteiger partial charge >= 0.3 is 6.03 Å². The van der Waals surface area contributed by atoms with Gasteiger partial charge < -0.3 is 24.4 Å². The molecule has 0 aromatic heterocycles. The van der Waals surface area contributed by atoms with Gasteiger partial charge in [-0.2, -0.15) is 0 Å². The van der Waals surface area contributed by atoms with Crippen LogP contribution in [0.4, 0.5) is 4.79 Å². The molecule has 1 heterocycles. The Morgan fingerprint density at radius 2 is 1.80 bits per heavy atom. The van der Waals surface area contributed by atoms with Crippen molar-refractivity contribution >= 4 is 6.03 Å². The maximum Gasteiger partial charge on any atom is 0.317 e. The van der Waals surface area contributed by atoms with Crippen molar-refractivity contribution in [1.82, 2.24) is 10.2 Å². The standard InChI is InChI=1S/C24H32N2O4/c1-5-28-20-10-7-18(8-11-20)16-26(4)24(27)25-23(17(2)3)19-9-12-21-22(15-19)30-14-6-13-29-21/h7-12,15,17,23H,5-6,13-14,16H2,1-4H3,(H,25,27). The molecule has 3 rings (SSSR count). The van der Waals surface area contributed by atoms with Gasteiger partial charge in [0.1, 0.15) is 5.75 Å². The minimum atomic E-state index is -0.127. The first kappa shape index (κ1) is 21.8. The first-order chi connectivity index (χ1) is 14.5. The minimum absolute atomic E-state index is 0.116. The first-order valence-corrected chi connectivity index (χ1v) is 10.6. The fourth-order valence-corrected chi connectivity index (χ4v) is 3.45. The zero-order valence-corrected chi connectivity index (χ0v) is 18.3. The summed E-state index contributed by atoms with van der Waals surface area (Å²) in [4.78, 5) is 14.6. The Balaban J connectivity index is 1.67. The molecule has 2 aromatic carbocycles. The van der Waals surface area contributed by atoms with Crippen molar-refractivity contribution in [2.75, 3.05) is 26.9 Å². The van der Waals surface area contributed by atoms with Gasteiger partial charge in [0.15, 0.2) is 11.5 Å². The normalized spacial score (nSPS) is 14.0. The van der Waals surface area contributed by atoms with Crippen LogP contribution < -0.4 is 19.5 Å². The SMILES string of the molecule is CCOc1ccc(CN(C)C(=O)NC(c2ccc3c(c2)OCCCO3)C(C)C)cc1. The highest BCUT2D eigenvalue weighted by Gasteiger charge is 2.22. The van der Waals surface area contributed by atoms with Gasteiger partial charge in [-0.15, -0.1) is 0 Å². The van der Waals surface area contributed by atoms with E-state index in [9.17, 15) is 4.79 Å². The molecule has 30 heavy (non-hydrogen) atoms. The van der Waals surface area contributed by atoms with Gasteiger partial charge in [-0.25, -0.2) is 4.79 Å².